The molecule has 0 aliphatic heterocycles. The Morgan fingerprint density at radius 2 is 1.87 bits per heavy atom. The van der Waals surface area contributed by atoms with Gasteiger partial charge in [0.05, 0.1) is 26.1 Å². The highest BCUT2D eigenvalue weighted by atomic mass is 16.5. The molecule has 2 N–H and O–H groups in total. The van der Waals surface area contributed by atoms with Gasteiger partial charge in [-0.1, -0.05) is 0 Å². The molecule has 15 heavy (non-hydrogen) atoms. The summed E-state index contributed by atoms with van der Waals surface area (Å²) in [6, 6.07) is 0. The van der Waals surface area contributed by atoms with Crippen molar-refractivity contribution in [2.24, 2.45) is 0 Å². The molecule has 0 heterocycles. The summed E-state index contributed by atoms with van der Waals surface area (Å²) in [7, 11) is 1.24. The molecule has 88 valence electrons. The van der Waals surface area contributed by atoms with Crippen LogP contribution in [0.3, 0.4) is 0 Å². The summed E-state index contributed by atoms with van der Waals surface area (Å²) in [5, 5.41) is 12.0. The number of ether oxygens (including phenoxy) is 1. The first kappa shape index (κ1) is 13.9. The van der Waals surface area contributed by atoms with Crippen molar-refractivity contribution in [3.8, 4) is 0 Å². The number of nitrogens with one attached hydrogen (secondary N) is 1. The molecular formula is C10H19NO4. The normalized spacial score (nSPS) is 13.1. The maximum atomic E-state index is 11.3. The Kier molecular flexibility index (Phi) is 5.28. The third kappa shape index (κ3) is 7.93. The molecule has 0 radical (unpaired) electrons. The highest BCUT2D eigenvalue weighted by molar-refractivity contribution is 5.78. The van der Waals surface area contributed by atoms with E-state index in [1.807, 2.05) is 20.8 Å². The molecule has 0 fully saturated rings. The molecule has 0 aromatic heterocycles. The number of esters is 1. The van der Waals surface area contributed by atoms with Crippen LogP contribution in [0.2, 0.25) is 0 Å². The first-order valence-corrected chi connectivity index (χ1v) is 4.80. The van der Waals surface area contributed by atoms with Gasteiger partial charge in [0.25, 0.3) is 0 Å². The van der Waals surface area contributed by atoms with Crippen LogP contribution in [0.25, 0.3) is 0 Å². The monoisotopic (exact) mass is 217 g/mol. The van der Waals surface area contributed by atoms with Gasteiger partial charge in [-0.3, -0.25) is 9.59 Å². The second-order valence-corrected chi connectivity index (χ2v) is 4.44. The fraction of sp³-hybridized carbons (Fsp3) is 0.800. The van der Waals surface area contributed by atoms with Crippen LogP contribution in [-0.4, -0.2) is 35.7 Å². The van der Waals surface area contributed by atoms with Gasteiger partial charge < -0.3 is 15.2 Å². The molecule has 0 saturated carbocycles. The number of methoxy groups -OCH3 is 1. The fourth-order valence-corrected chi connectivity index (χ4v) is 1.03. The molecule has 5 nitrogen and oxygen atoms in total. The van der Waals surface area contributed by atoms with Crippen LogP contribution in [0, 0.1) is 0 Å². The minimum absolute atomic E-state index is 0.0909. The van der Waals surface area contributed by atoms with Crippen LogP contribution in [0.4, 0.5) is 0 Å². The van der Waals surface area contributed by atoms with E-state index < -0.39 is 12.1 Å². The molecule has 0 aliphatic rings. The molecule has 1 amide bonds. The molecule has 0 spiro atoms. The number of rotatable bonds is 4. The van der Waals surface area contributed by atoms with E-state index in [2.05, 4.69) is 10.1 Å². The third-order valence-electron chi connectivity index (χ3n) is 1.57. The number of carbonyl (C=O) groups excluding carboxylic acids is 2. The zero-order valence-electron chi connectivity index (χ0n) is 9.66. The predicted molar refractivity (Wildman–Crippen MR) is 55.2 cm³/mol. The first-order valence-electron chi connectivity index (χ1n) is 4.80. The van der Waals surface area contributed by atoms with Crippen molar-refractivity contribution < 1.29 is 19.4 Å². The van der Waals surface area contributed by atoms with Gasteiger partial charge in [0.2, 0.25) is 5.91 Å². The Labute approximate surface area is 89.8 Å². The van der Waals surface area contributed by atoms with E-state index in [0.29, 0.717) is 0 Å². The molecular weight excluding hydrogens is 198 g/mol. The van der Waals surface area contributed by atoms with Gasteiger partial charge in [-0.25, -0.2) is 0 Å². The maximum Gasteiger partial charge on any atom is 0.308 e. The van der Waals surface area contributed by atoms with Gasteiger partial charge in [0, 0.05) is 5.54 Å². The summed E-state index contributed by atoms with van der Waals surface area (Å²) in [5.41, 5.74) is -0.331. The van der Waals surface area contributed by atoms with Crippen LogP contribution in [0.5, 0.6) is 0 Å². The molecule has 0 rings (SSSR count). The predicted octanol–water partition coefficient (Wildman–Crippen LogP) is 0.215. The SMILES string of the molecule is COC(=O)C[C@H](O)CC(=O)NC(C)(C)C. The van der Waals surface area contributed by atoms with Crippen molar-refractivity contribution in [1.82, 2.24) is 5.32 Å². The molecule has 0 unspecified atom stereocenters. The van der Waals surface area contributed by atoms with Gasteiger partial charge >= 0.3 is 5.97 Å². The van der Waals surface area contributed by atoms with E-state index in [4.69, 9.17) is 0 Å². The van der Waals surface area contributed by atoms with Gasteiger partial charge in [0.15, 0.2) is 0 Å². The highest BCUT2D eigenvalue weighted by Gasteiger charge is 2.18. The van der Waals surface area contributed by atoms with Crippen LogP contribution in [-0.2, 0) is 14.3 Å². The van der Waals surface area contributed by atoms with E-state index in [9.17, 15) is 14.7 Å². The smallest absolute Gasteiger partial charge is 0.308 e. The van der Waals surface area contributed by atoms with E-state index in [-0.39, 0.29) is 24.3 Å². The van der Waals surface area contributed by atoms with Gasteiger partial charge in [0.1, 0.15) is 0 Å². The average molecular weight is 217 g/mol. The van der Waals surface area contributed by atoms with Crippen molar-refractivity contribution in [1.29, 1.82) is 0 Å². The Balaban J connectivity index is 3.92. The van der Waals surface area contributed by atoms with E-state index in [1.165, 1.54) is 7.11 Å². The Hall–Kier alpha value is -1.10. The minimum Gasteiger partial charge on any atom is -0.469 e. The second kappa shape index (κ2) is 5.70. The van der Waals surface area contributed by atoms with Crippen molar-refractivity contribution in [3.63, 3.8) is 0 Å². The van der Waals surface area contributed by atoms with Gasteiger partial charge in [-0.05, 0) is 20.8 Å². The van der Waals surface area contributed by atoms with Crippen LogP contribution >= 0.6 is 0 Å². The van der Waals surface area contributed by atoms with E-state index in [0.717, 1.165) is 0 Å². The molecule has 0 aromatic carbocycles. The Morgan fingerprint density at radius 1 is 1.33 bits per heavy atom. The highest BCUT2D eigenvalue weighted by Crippen LogP contribution is 2.03. The number of hydrogen-bond donors (Lipinski definition) is 2. The Morgan fingerprint density at radius 3 is 2.27 bits per heavy atom. The number of aliphatic hydroxyl groups excluding tert-OH is 1. The zero-order chi connectivity index (χ0) is 12.1. The summed E-state index contributed by atoms with van der Waals surface area (Å²) in [6.07, 6.45) is -1.24. The lowest BCUT2D eigenvalue weighted by Gasteiger charge is -2.21. The number of carbonyl (C=O) groups is 2. The average Bonchev–Trinajstić information content (AvgIpc) is 1.99. The van der Waals surface area contributed by atoms with Crippen LogP contribution < -0.4 is 5.32 Å². The molecule has 0 bridgehead atoms. The van der Waals surface area contributed by atoms with Crippen LogP contribution in [0.1, 0.15) is 33.6 Å². The lowest BCUT2D eigenvalue weighted by Crippen LogP contribution is -2.42. The summed E-state index contributed by atoms with van der Waals surface area (Å²) >= 11 is 0. The zero-order valence-corrected chi connectivity index (χ0v) is 9.66. The van der Waals surface area contributed by atoms with Gasteiger partial charge in [-0.2, -0.15) is 0 Å². The second-order valence-electron chi connectivity index (χ2n) is 4.44. The minimum atomic E-state index is -0.986. The molecule has 1 atom stereocenters. The third-order valence-corrected chi connectivity index (χ3v) is 1.57. The lowest BCUT2D eigenvalue weighted by molar-refractivity contribution is -0.143. The summed E-state index contributed by atoms with van der Waals surface area (Å²) in [6.45, 7) is 5.53. The first-order chi connectivity index (χ1) is 6.74. The number of amides is 1. The molecule has 0 aliphatic carbocycles. The summed E-state index contributed by atoms with van der Waals surface area (Å²) < 4.78 is 4.37. The van der Waals surface area contributed by atoms with E-state index in [1.54, 1.807) is 0 Å². The largest absolute Gasteiger partial charge is 0.469 e. The maximum absolute atomic E-state index is 11.3. The van der Waals surface area contributed by atoms with Crippen LogP contribution in [0.15, 0.2) is 0 Å². The summed E-state index contributed by atoms with van der Waals surface area (Å²) in [4.78, 5) is 22.1. The fourth-order valence-electron chi connectivity index (χ4n) is 1.03. The van der Waals surface area contributed by atoms with Crippen molar-refractivity contribution >= 4 is 11.9 Å². The molecule has 0 saturated heterocycles. The van der Waals surface area contributed by atoms with Crippen molar-refractivity contribution in [2.45, 2.75) is 45.3 Å². The van der Waals surface area contributed by atoms with Crippen molar-refractivity contribution in [3.05, 3.63) is 0 Å². The summed E-state index contributed by atoms with van der Waals surface area (Å²) in [5.74, 6) is -0.801. The number of hydrogen-bond acceptors (Lipinski definition) is 4. The topological polar surface area (TPSA) is 75.6 Å². The standard InChI is InChI=1S/C10H19NO4/c1-10(2,3)11-8(13)5-7(12)6-9(14)15-4/h7,12H,5-6H2,1-4H3,(H,11,13)/t7-/m1/s1. The lowest BCUT2D eigenvalue weighted by atomic mass is 10.1. The molecule has 5 heteroatoms. The van der Waals surface area contributed by atoms with Gasteiger partial charge in [-0.15, -0.1) is 0 Å². The Bertz CT molecular complexity index is 232. The number of aliphatic hydroxyl groups is 1. The van der Waals surface area contributed by atoms with Crippen molar-refractivity contribution in [2.75, 3.05) is 7.11 Å². The quantitative estimate of drug-likeness (QED) is 0.660. The van der Waals surface area contributed by atoms with E-state index >= 15 is 0 Å². The molecule has 0 aromatic rings.